The van der Waals surface area contributed by atoms with Crippen molar-refractivity contribution in [1.82, 2.24) is 9.38 Å². The number of hydrogen-bond donors (Lipinski definition) is 1. The van der Waals surface area contributed by atoms with Gasteiger partial charge in [-0.05, 0) is 30.0 Å². The second-order valence-corrected chi connectivity index (χ2v) is 4.69. The molecule has 0 spiro atoms. The van der Waals surface area contributed by atoms with Gasteiger partial charge in [0.15, 0.2) is 5.69 Å². The van der Waals surface area contributed by atoms with E-state index in [0.717, 1.165) is 11.6 Å². The van der Waals surface area contributed by atoms with E-state index in [1.807, 2.05) is 0 Å². The highest BCUT2D eigenvalue weighted by atomic mass is 19.4. The van der Waals surface area contributed by atoms with Crippen molar-refractivity contribution in [2.75, 3.05) is 0 Å². The monoisotopic (exact) mass is 280 g/mol. The van der Waals surface area contributed by atoms with E-state index < -0.39 is 18.0 Å². The topological polar surface area (TPSA) is 37.5 Å². The molecule has 1 aromatic carbocycles. The fourth-order valence-electron chi connectivity index (χ4n) is 2.19. The number of aliphatic hydroxyl groups excluding tert-OH is 1. The third-order valence-electron chi connectivity index (χ3n) is 3.24. The number of aromatic nitrogens is 2. The van der Waals surface area contributed by atoms with E-state index in [2.05, 4.69) is 4.98 Å². The van der Waals surface area contributed by atoms with E-state index in [1.54, 1.807) is 31.2 Å². The maximum atomic E-state index is 12.7. The van der Waals surface area contributed by atoms with E-state index in [0.29, 0.717) is 10.9 Å². The Labute approximate surface area is 112 Å². The highest BCUT2D eigenvalue weighted by Crippen LogP contribution is 2.30. The van der Waals surface area contributed by atoms with Crippen molar-refractivity contribution in [3.63, 3.8) is 0 Å². The van der Waals surface area contributed by atoms with Crippen molar-refractivity contribution >= 4 is 16.4 Å². The zero-order valence-corrected chi connectivity index (χ0v) is 10.5. The first-order valence-corrected chi connectivity index (χ1v) is 6.03. The maximum Gasteiger partial charge on any atom is 0.434 e. The molecule has 3 nitrogen and oxygen atoms in total. The van der Waals surface area contributed by atoms with Gasteiger partial charge in [0.05, 0.1) is 6.10 Å². The minimum absolute atomic E-state index is 0.256. The number of benzene rings is 1. The molecule has 0 aliphatic heterocycles. The van der Waals surface area contributed by atoms with Gasteiger partial charge in [-0.15, -0.1) is 0 Å². The van der Waals surface area contributed by atoms with Crippen LogP contribution in [0.5, 0.6) is 0 Å². The first-order chi connectivity index (χ1) is 9.36. The molecule has 0 bridgehead atoms. The first kappa shape index (κ1) is 12.9. The highest BCUT2D eigenvalue weighted by molar-refractivity contribution is 5.94. The molecule has 104 valence electrons. The molecule has 1 atom stereocenters. The van der Waals surface area contributed by atoms with E-state index in [1.165, 1.54) is 10.6 Å². The molecule has 0 aliphatic carbocycles. The summed E-state index contributed by atoms with van der Waals surface area (Å²) in [6.07, 6.45) is -2.58. The summed E-state index contributed by atoms with van der Waals surface area (Å²) in [5.74, 6) is 0. The van der Waals surface area contributed by atoms with Crippen molar-refractivity contribution < 1.29 is 18.3 Å². The fourth-order valence-corrected chi connectivity index (χ4v) is 2.19. The Balaban J connectivity index is 2.27. The Morgan fingerprint density at radius 1 is 1.25 bits per heavy atom. The Hall–Kier alpha value is -2.08. The Bertz CT molecular complexity index is 790. The van der Waals surface area contributed by atoms with Crippen molar-refractivity contribution in [3.8, 4) is 0 Å². The molecule has 0 aliphatic rings. The van der Waals surface area contributed by atoms with Crippen LogP contribution in [0.15, 0.2) is 36.7 Å². The van der Waals surface area contributed by atoms with Crippen LogP contribution in [0.1, 0.15) is 24.3 Å². The molecule has 3 rings (SSSR count). The molecule has 6 heteroatoms. The van der Waals surface area contributed by atoms with Crippen LogP contribution in [0.4, 0.5) is 13.2 Å². The average Bonchev–Trinajstić information content (AvgIpc) is 2.82. The number of fused-ring (bicyclic) bond motifs is 3. The third kappa shape index (κ3) is 2.02. The first-order valence-electron chi connectivity index (χ1n) is 6.03. The highest BCUT2D eigenvalue weighted by Gasteiger charge is 2.34. The molecule has 1 unspecified atom stereocenters. The number of nitrogens with zero attached hydrogens (tertiary/aromatic N) is 2. The van der Waals surface area contributed by atoms with Gasteiger partial charge in [-0.2, -0.15) is 13.2 Å². The third-order valence-corrected chi connectivity index (χ3v) is 3.24. The van der Waals surface area contributed by atoms with Gasteiger partial charge in [0.1, 0.15) is 5.65 Å². The molecule has 0 saturated carbocycles. The molecule has 0 radical (unpaired) electrons. The normalized spacial score (nSPS) is 14.1. The maximum absolute atomic E-state index is 12.7. The van der Waals surface area contributed by atoms with Gasteiger partial charge in [-0.1, -0.05) is 12.1 Å². The molecular weight excluding hydrogens is 269 g/mol. The summed E-state index contributed by atoms with van der Waals surface area (Å²) in [5, 5.41) is 10.9. The summed E-state index contributed by atoms with van der Waals surface area (Å²) in [7, 11) is 0. The van der Waals surface area contributed by atoms with Gasteiger partial charge >= 0.3 is 6.18 Å². The summed E-state index contributed by atoms with van der Waals surface area (Å²) in [5.41, 5.74) is 0.0565. The van der Waals surface area contributed by atoms with Crippen molar-refractivity contribution in [1.29, 1.82) is 0 Å². The van der Waals surface area contributed by atoms with E-state index >= 15 is 0 Å². The van der Waals surface area contributed by atoms with Crippen LogP contribution in [0.2, 0.25) is 0 Å². The summed E-state index contributed by atoms with van der Waals surface area (Å²) >= 11 is 0. The van der Waals surface area contributed by atoms with Gasteiger partial charge in [0.25, 0.3) is 0 Å². The Morgan fingerprint density at radius 2 is 2.00 bits per heavy atom. The van der Waals surface area contributed by atoms with Gasteiger partial charge < -0.3 is 9.51 Å². The summed E-state index contributed by atoms with van der Waals surface area (Å²) in [6.45, 7) is 1.64. The van der Waals surface area contributed by atoms with Crippen molar-refractivity contribution in [2.24, 2.45) is 0 Å². The second-order valence-electron chi connectivity index (χ2n) is 4.69. The molecule has 20 heavy (non-hydrogen) atoms. The second kappa shape index (κ2) is 4.21. The molecule has 2 heterocycles. The minimum atomic E-state index is -4.46. The molecule has 1 N–H and O–H groups in total. The van der Waals surface area contributed by atoms with E-state index in [4.69, 9.17) is 0 Å². The predicted molar refractivity (Wildman–Crippen MR) is 68.3 cm³/mol. The van der Waals surface area contributed by atoms with Crippen LogP contribution < -0.4 is 0 Å². The summed E-state index contributed by atoms with van der Waals surface area (Å²) in [4.78, 5) is 3.66. The van der Waals surface area contributed by atoms with Crippen LogP contribution >= 0.6 is 0 Å². The van der Waals surface area contributed by atoms with Gasteiger partial charge in [-0.25, -0.2) is 4.98 Å². The van der Waals surface area contributed by atoms with Crippen molar-refractivity contribution in [3.05, 3.63) is 47.9 Å². The van der Waals surface area contributed by atoms with Crippen LogP contribution in [0.25, 0.3) is 16.4 Å². The Morgan fingerprint density at radius 3 is 2.65 bits per heavy atom. The van der Waals surface area contributed by atoms with Gasteiger partial charge in [-0.3, -0.25) is 0 Å². The van der Waals surface area contributed by atoms with Crippen LogP contribution in [0.3, 0.4) is 0 Å². The van der Waals surface area contributed by atoms with E-state index in [-0.39, 0.29) is 5.65 Å². The SMILES string of the molecule is CC(O)c1ccc2c(ccn3cc(C(F)(F)F)nc23)c1. The number of aliphatic hydroxyl groups is 1. The summed E-state index contributed by atoms with van der Waals surface area (Å²) in [6, 6.07) is 6.83. The Kier molecular flexibility index (Phi) is 2.72. The number of rotatable bonds is 1. The lowest BCUT2D eigenvalue weighted by atomic mass is 10.1. The van der Waals surface area contributed by atoms with Gasteiger partial charge in [0.2, 0.25) is 0 Å². The van der Waals surface area contributed by atoms with Crippen LogP contribution in [-0.2, 0) is 6.18 Å². The number of hydrogen-bond acceptors (Lipinski definition) is 2. The zero-order valence-electron chi connectivity index (χ0n) is 10.5. The molecule has 0 amide bonds. The largest absolute Gasteiger partial charge is 0.434 e. The molecule has 3 aromatic rings. The average molecular weight is 280 g/mol. The molecule has 2 aromatic heterocycles. The quantitative estimate of drug-likeness (QED) is 0.740. The van der Waals surface area contributed by atoms with Crippen LogP contribution in [-0.4, -0.2) is 14.5 Å². The lowest BCUT2D eigenvalue weighted by Gasteiger charge is -2.06. The number of imidazole rings is 1. The minimum Gasteiger partial charge on any atom is -0.389 e. The molecule has 0 saturated heterocycles. The number of pyridine rings is 1. The van der Waals surface area contributed by atoms with Gasteiger partial charge in [0, 0.05) is 17.8 Å². The smallest absolute Gasteiger partial charge is 0.389 e. The number of alkyl halides is 3. The van der Waals surface area contributed by atoms with Crippen molar-refractivity contribution in [2.45, 2.75) is 19.2 Å². The lowest BCUT2D eigenvalue weighted by molar-refractivity contribution is -0.140. The summed E-state index contributed by atoms with van der Waals surface area (Å²) < 4.78 is 39.4. The van der Waals surface area contributed by atoms with E-state index in [9.17, 15) is 18.3 Å². The predicted octanol–water partition coefficient (Wildman–Crippen LogP) is 3.56. The van der Waals surface area contributed by atoms with Crippen LogP contribution in [0, 0.1) is 0 Å². The fraction of sp³-hybridized carbons (Fsp3) is 0.214. The molecule has 0 fully saturated rings. The number of halogens is 3. The zero-order chi connectivity index (χ0) is 14.5. The standard InChI is InChI=1S/C14H11F3N2O/c1-8(20)9-2-3-11-10(6-9)4-5-19-7-12(14(15,16)17)18-13(11)19/h2-8,20H,1H3. The molecular formula is C14H11F3N2O. The lowest BCUT2D eigenvalue weighted by Crippen LogP contribution is -2.04.